The zero-order valence-electron chi connectivity index (χ0n) is 14.5. The zero-order chi connectivity index (χ0) is 18.2. The third kappa shape index (κ3) is 6.95. The van der Waals surface area contributed by atoms with Gasteiger partial charge in [0.05, 0.1) is 6.54 Å². The van der Waals surface area contributed by atoms with Crippen molar-refractivity contribution in [3.05, 3.63) is 65.2 Å². The van der Waals surface area contributed by atoms with Crippen molar-refractivity contribution in [2.45, 2.75) is 13.5 Å². The Balaban J connectivity index is 0.00000338. The highest BCUT2D eigenvalue weighted by Crippen LogP contribution is 2.09. The zero-order valence-corrected chi connectivity index (χ0v) is 16.8. The van der Waals surface area contributed by atoms with Gasteiger partial charge in [-0.3, -0.25) is 9.79 Å². The summed E-state index contributed by atoms with van der Waals surface area (Å²) in [5.74, 6) is -0.514. The number of nitrogens with one attached hydrogen (secondary N) is 3. The fourth-order valence-electron chi connectivity index (χ4n) is 2.06. The van der Waals surface area contributed by atoms with Gasteiger partial charge in [0, 0.05) is 19.3 Å². The topological polar surface area (TPSA) is 65.5 Å². The maximum atomic E-state index is 13.5. The highest BCUT2D eigenvalue weighted by Gasteiger charge is 2.05. The molecule has 0 heterocycles. The Bertz CT molecular complexity index is 766. The Kier molecular flexibility index (Phi) is 8.97. The molecule has 3 N–H and O–H groups in total. The van der Waals surface area contributed by atoms with Gasteiger partial charge in [0.2, 0.25) is 5.91 Å². The molecule has 0 aromatic heterocycles. The molecule has 0 aliphatic carbocycles. The molecule has 0 unspecified atom stereocenters. The first-order valence-electron chi connectivity index (χ1n) is 7.73. The summed E-state index contributed by atoms with van der Waals surface area (Å²) in [6.07, 6.45) is 0. The van der Waals surface area contributed by atoms with Crippen LogP contribution in [0, 0.1) is 18.6 Å². The Labute approximate surface area is 168 Å². The number of carbonyl (C=O) groups is 1. The molecule has 8 heteroatoms. The van der Waals surface area contributed by atoms with Crippen molar-refractivity contribution in [3.63, 3.8) is 0 Å². The standard InChI is InChI=1S/C18H20F2N4O.HI/c1-12-3-4-13(9-16(12)20)10-22-18(21-2)23-11-17(25)24-15-7-5-14(19)6-8-15;/h3-9H,10-11H2,1-2H3,(H,24,25)(H2,21,22,23);1H. The van der Waals surface area contributed by atoms with E-state index in [0.29, 0.717) is 23.8 Å². The van der Waals surface area contributed by atoms with Gasteiger partial charge in [-0.2, -0.15) is 0 Å². The second-order valence-electron chi connectivity index (χ2n) is 5.42. The van der Waals surface area contributed by atoms with Crippen LogP contribution >= 0.6 is 24.0 Å². The lowest BCUT2D eigenvalue weighted by Gasteiger charge is -2.12. The molecule has 2 rings (SSSR count). The average molecular weight is 474 g/mol. The van der Waals surface area contributed by atoms with E-state index in [9.17, 15) is 13.6 Å². The van der Waals surface area contributed by atoms with Crippen LogP contribution in [0.4, 0.5) is 14.5 Å². The lowest BCUT2D eigenvalue weighted by Crippen LogP contribution is -2.41. The molecule has 0 spiro atoms. The number of guanidine groups is 1. The fourth-order valence-corrected chi connectivity index (χ4v) is 2.06. The van der Waals surface area contributed by atoms with E-state index in [1.54, 1.807) is 20.0 Å². The van der Waals surface area contributed by atoms with E-state index in [0.717, 1.165) is 5.56 Å². The maximum absolute atomic E-state index is 13.5. The van der Waals surface area contributed by atoms with E-state index >= 15 is 0 Å². The van der Waals surface area contributed by atoms with E-state index in [1.807, 2.05) is 6.07 Å². The van der Waals surface area contributed by atoms with Crippen molar-refractivity contribution >= 4 is 41.5 Å². The lowest BCUT2D eigenvalue weighted by molar-refractivity contribution is -0.115. The number of hydrogen-bond donors (Lipinski definition) is 3. The van der Waals surface area contributed by atoms with Crippen LogP contribution in [0.15, 0.2) is 47.5 Å². The molecule has 0 saturated carbocycles. The van der Waals surface area contributed by atoms with Gasteiger partial charge >= 0.3 is 0 Å². The molecule has 140 valence electrons. The van der Waals surface area contributed by atoms with E-state index in [4.69, 9.17) is 0 Å². The summed E-state index contributed by atoms with van der Waals surface area (Å²) in [7, 11) is 1.57. The van der Waals surface area contributed by atoms with Crippen LogP contribution in [-0.4, -0.2) is 25.5 Å². The molecule has 1 amide bonds. The molecule has 0 bridgehead atoms. The normalized spacial score (nSPS) is 10.7. The van der Waals surface area contributed by atoms with Gasteiger partial charge < -0.3 is 16.0 Å². The predicted molar refractivity (Wildman–Crippen MR) is 110 cm³/mol. The molecule has 0 radical (unpaired) electrons. The number of anilines is 1. The third-order valence-corrected chi connectivity index (χ3v) is 3.46. The smallest absolute Gasteiger partial charge is 0.243 e. The first kappa shape index (κ1) is 21.8. The minimum absolute atomic E-state index is 0. The minimum atomic E-state index is -0.367. The molecule has 5 nitrogen and oxygen atoms in total. The maximum Gasteiger partial charge on any atom is 0.243 e. The van der Waals surface area contributed by atoms with Crippen LogP contribution < -0.4 is 16.0 Å². The molecule has 0 atom stereocenters. The number of benzene rings is 2. The number of hydrogen-bond acceptors (Lipinski definition) is 2. The van der Waals surface area contributed by atoms with Gasteiger partial charge in [0.1, 0.15) is 11.6 Å². The average Bonchev–Trinajstić information content (AvgIpc) is 2.60. The highest BCUT2D eigenvalue weighted by molar-refractivity contribution is 14.0. The minimum Gasteiger partial charge on any atom is -0.352 e. The fraction of sp³-hybridized carbons (Fsp3) is 0.222. The van der Waals surface area contributed by atoms with E-state index in [2.05, 4.69) is 20.9 Å². The molecular weight excluding hydrogens is 453 g/mol. The first-order chi connectivity index (χ1) is 12.0. The number of carbonyl (C=O) groups excluding carboxylic acids is 1. The molecule has 0 saturated heterocycles. The third-order valence-electron chi connectivity index (χ3n) is 3.46. The number of nitrogens with zero attached hydrogens (tertiary/aromatic N) is 1. The lowest BCUT2D eigenvalue weighted by atomic mass is 10.1. The van der Waals surface area contributed by atoms with Crippen LogP contribution in [0.1, 0.15) is 11.1 Å². The van der Waals surface area contributed by atoms with Crippen molar-refractivity contribution < 1.29 is 13.6 Å². The van der Waals surface area contributed by atoms with E-state index in [1.165, 1.54) is 30.3 Å². The molecule has 0 aliphatic heterocycles. The van der Waals surface area contributed by atoms with Gasteiger partial charge in [-0.15, -0.1) is 24.0 Å². The van der Waals surface area contributed by atoms with Gasteiger partial charge in [-0.05, 0) is 48.4 Å². The summed E-state index contributed by atoms with van der Waals surface area (Å²) in [5.41, 5.74) is 1.86. The molecular formula is C18H21F2IN4O. The summed E-state index contributed by atoms with van der Waals surface area (Å²) in [4.78, 5) is 15.9. The SMILES string of the molecule is CN=C(NCC(=O)Nc1ccc(F)cc1)NCc1ccc(C)c(F)c1.I. The quantitative estimate of drug-likeness (QED) is 0.355. The molecule has 0 aliphatic rings. The van der Waals surface area contributed by atoms with Crippen molar-refractivity contribution in [3.8, 4) is 0 Å². The molecule has 2 aromatic rings. The monoisotopic (exact) mass is 474 g/mol. The second-order valence-corrected chi connectivity index (χ2v) is 5.42. The summed E-state index contributed by atoms with van der Waals surface area (Å²) in [5, 5.41) is 8.49. The summed E-state index contributed by atoms with van der Waals surface area (Å²) in [6, 6.07) is 10.5. The van der Waals surface area contributed by atoms with Gasteiger partial charge in [0.15, 0.2) is 5.96 Å². The van der Waals surface area contributed by atoms with Crippen molar-refractivity contribution in [1.82, 2.24) is 10.6 Å². The number of rotatable bonds is 5. The molecule has 26 heavy (non-hydrogen) atoms. The Morgan fingerprint density at radius 1 is 1.08 bits per heavy atom. The van der Waals surface area contributed by atoms with Crippen molar-refractivity contribution in [2.75, 3.05) is 18.9 Å². The summed E-state index contributed by atoms with van der Waals surface area (Å²) in [6.45, 7) is 2.06. The first-order valence-corrected chi connectivity index (χ1v) is 7.73. The predicted octanol–water partition coefficient (Wildman–Crippen LogP) is 3.19. The van der Waals surface area contributed by atoms with Crippen LogP contribution in [0.25, 0.3) is 0 Å². The number of amides is 1. The van der Waals surface area contributed by atoms with Crippen molar-refractivity contribution in [2.24, 2.45) is 4.99 Å². The molecule has 2 aromatic carbocycles. The van der Waals surface area contributed by atoms with Gasteiger partial charge in [-0.1, -0.05) is 12.1 Å². The van der Waals surface area contributed by atoms with E-state index < -0.39 is 0 Å². The Morgan fingerprint density at radius 2 is 1.77 bits per heavy atom. The highest BCUT2D eigenvalue weighted by atomic mass is 127. The van der Waals surface area contributed by atoms with Crippen LogP contribution in [0.2, 0.25) is 0 Å². The summed E-state index contributed by atoms with van der Waals surface area (Å²) < 4.78 is 26.3. The van der Waals surface area contributed by atoms with Crippen LogP contribution in [-0.2, 0) is 11.3 Å². The largest absolute Gasteiger partial charge is 0.352 e. The van der Waals surface area contributed by atoms with Crippen LogP contribution in [0.5, 0.6) is 0 Å². The van der Waals surface area contributed by atoms with Gasteiger partial charge in [0.25, 0.3) is 0 Å². The number of aryl methyl sites for hydroxylation is 1. The van der Waals surface area contributed by atoms with Crippen LogP contribution in [0.3, 0.4) is 0 Å². The Morgan fingerprint density at radius 3 is 2.38 bits per heavy atom. The second kappa shape index (κ2) is 10.7. The number of halogens is 3. The molecule has 0 fully saturated rings. The van der Waals surface area contributed by atoms with E-state index in [-0.39, 0.29) is 48.1 Å². The van der Waals surface area contributed by atoms with Crippen molar-refractivity contribution in [1.29, 1.82) is 0 Å². The Hall–Kier alpha value is -2.23. The van der Waals surface area contributed by atoms with Gasteiger partial charge in [-0.25, -0.2) is 8.78 Å². The number of aliphatic imine (C=N–C) groups is 1. The summed E-state index contributed by atoms with van der Waals surface area (Å²) >= 11 is 0.